The van der Waals surface area contributed by atoms with Crippen LogP contribution in [0, 0.1) is 34.5 Å². The summed E-state index contributed by atoms with van der Waals surface area (Å²) in [7, 11) is 0. The summed E-state index contributed by atoms with van der Waals surface area (Å²) in [6.45, 7) is 9.24. The normalized spacial score (nSPS) is 50.0. The Labute approximate surface area is 153 Å². The van der Waals surface area contributed by atoms with Gasteiger partial charge in [0, 0.05) is 18.3 Å². The SMILES string of the molecule is CC=C(C)OC1CC[C@H]2[C@@H]3CCC4CC(=O)CC[C@]4(C)[C@@H]3CC[C@]12C. The molecular formula is C23H36O2. The first-order chi connectivity index (χ1) is 11.9. The Morgan fingerprint density at radius 1 is 1.04 bits per heavy atom. The molecule has 0 spiro atoms. The van der Waals surface area contributed by atoms with E-state index in [1.807, 2.05) is 0 Å². The van der Waals surface area contributed by atoms with Crippen molar-refractivity contribution in [3.05, 3.63) is 11.8 Å². The van der Waals surface area contributed by atoms with Crippen molar-refractivity contribution in [3.8, 4) is 0 Å². The highest BCUT2D eigenvalue weighted by atomic mass is 16.5. The first-order valence-electron chi connectivity index (χ1n) is 10.7. The Morgan fingerprint density at radius 3 is 2.56 bits per heavy atom. The number of carbonyl (C=O) groups is 1. The largest absolute Gasteiger partial charge is 0.495 e. The van der Waals surface area contributed by atoms with Gasteiger partial charge >= 0.3 is 0 Å². The lowest BCUT2D eigenvalue weighted by Crippen LogP contribution is -2.54. The molecule has 0 N–H and O–H groups in total. The molecule has 25 heavy (non-hydrogen) atoms. The lowest BCUT2D eigenvalue weighted by molar-refractivity contribution is -0.142. The highest BCUT2D eigenvalue weighted by Gasteiger charge is 2.60. The van der Waals surface area contributed by atoms with Crippen molar-refractivity contribution in [1.82, 2.24) is 0 Å². The highest BCUT2D eigenvalue weighted by molar-refractivity contribution is 5.79. The van der Waals surface area contributed by atoms with E-state index in [2.05, 4.69) is 33.8 Å². The number of fused-ring (bicyclic) bond motifs is 5. The average molecular weight is 345 g/mol. The lowest BCUT2D eigenvalue weighted by atomic mass is 9.45. The zero-order chi connectivity index (χ0) is 17.8. The first-order valence-corrected chi connectivity index (χ1v) is 10.7. The van der Waals surface area contributed by atoms with Crippen LogP contribution in [-0.4, -0.2) is 11.9 Å². The summed E-state index contributed by atoms with van der Waals surface area (Å²) >= 11 is 0. The molecule has 4 saturated carbocycles. The Hall–Kier alpha value is -0.790. The van der Waals surface area contributed by atoms with Gasteiger partial charge in [0.25, 0.3) is 0 Å². The maximum atomic E-state index is 12.0. The van der Waals surface area contributed by atoms with Crippen LogP contribution in [0.25, 0.3) is 0 Å². The van der Waals surface area contributed by atoms with Crippen LogP contribution in [0.15, 0.2) is 11.8 Å². The molecule has 0 aromatic carbocycles. The minimum absolute atomic E-state index is 0.360. The van der Waals surface area contributed by atoms with Gasteiger partial charge in [-0.15, -0.1) is 0 Å². The highest BCUT2D eigenvalue weighted by Crippen LogP contribution is 2.66. The van der Waals surface area contributed by atoms with Crippen molar-refractivity contribution in [2.24, 2.45) is 34.5 Å². The molecule has 0 aliphatic heterocycles. The van der Waals surface area contributed by atoms with Crippen molar-refractivity contribution >= 4 is 5.78 Å². The van der Waals surface area contributed by atoms with Crippen LogP contribution in [0.4, 0.5) is 0 Å². The predicted octanol–water partition coefficient (Wildman–Crippen LogP) is 5.91. The molecule has 0 radical (unpaired) electrons. The second-order valence-corrected chi connectivity index (χ2v) is 10.0. The van der Waals surface area contributed by atoms with Crippen LogP contribution in [-0.2, 0) is 9.53 Å². The van der Waals surface area contributed by atoms with Crippen molar-refractivity contribution < 1.29 is 9.53 Å². The molecule has 140 valence electrons. The topological polar surface area (TPSA) is 26.3 Å². The molecule has 2 heteroatoms. The van der Waals surface area contributed by atoms with Crippen LogP contribution < -0.4 is 0 Å². The summed E-state index contributed by atoms with van der Waals surface area (Å²) in [5, 5.41) is 0. The van der Waals surface area contributed by atoms with Gasteiger partial charge in [0.15, 0.2) is 0 Å². The van der Waals surface area contributed by atoms with Crippen LogP contribution in [0.3, 0.4) is 0 Å². The van der Waals surface area contributed by atoms with Gasteiger partial charge in [0.2, 0.25) is 0 Å². The van der Waals surface area contributed by atoms with E-state index in [0.29, 0.717) is 28.6 Å². The number of hydrogen-bond acceptors (Lipinski definition) is 2. The Kier molecular flexibility index (Phi) is 4.32. The van der Waals surface area contributed by atoms with Gasteiger partial charge in [0.1, 0.15) is 11.9 Å². The fraction of sp³-hybridized carbons (Fsp3) is 0.870. The second-order valence-electron chi connectivity index (χ2n) is 10.0. The number of hydrogen-bond donors (Lipinski definition) is 0. The second kappa shape index (κ2) is 6.13. The van der Waals surface area contributed by atoms with E-state index in [1.54, 1.807) is 0 Å². The maximum absolute atomic E-state index is 12.0. The van der Waals surface area contributed by atoms with E-state index < -0.39 is 0 Å². The van der Waals surface area contributed by atoms with Gasteiger partial charge in [-0.3, -0.25) is 4.79 Å². The lowest BCUT2D eigenvalue weighted by Gasteiger charge is -2.60. The molecule has 7 atom stereocenters. The molecule has 0 aromatic rings. The fourth-order valence-electron chi connectivity index (χ4n) is 7.48. The van der Waals surface area contributed by atoms with E-state index in [0.717, 1.165) is 42.8 Å². The predicted molar refractivity (Wildman–Crippen MR) is 101 cm³/mol. The number of Topliss-reactive ketones (excluding diaryl/α,β-unsaturated/α-hetero) is 1. The van der Waals surface area contributed by atoms with Crippen LogP contribution >= 0.6 is 0 Å². The van der Waals surface area contributed by atoms with Gasteiger partial charge < -0.3 is 4.74 Å². The molecule has 0 amide bonds. The van der Waals surface area contributed by atoms with E-state index in [4.69, 9.17) is 4.74 Å². The monoisotopic (exact) mass is 344 g/mol. The molecule has 0 aromatic heterocycles. The maximum Gasteiger partial charge on any atom is 0.133 e. The van der Waals surface area contributed by atoms with Gasteiger partial charge in [-0.05, 0) is 94.0 Å². The van der Waals surface area contributed by atoms with E-state index in [9.17, 15) is 4.79 Å². The van der Waals surface area contributed by atoms with Crippen molar-refractivity contribution in [2.45, 2.75) is 91.6 Å². The number of rotatable bonds is 2. The quantitative estimate of drug-likeness (QED) is 0.582. The summed E-state index contributed by atoms with van der Waals surface area (Å²) < 4.78 is 6.37. The van der Waals surface area contributed by atoms with Crippen LogP contribution in [0.2, 0.25) is 0 Å². The number of allylic oxidation sites excluding steroid dienone is 2. The zero-order valence-electron chi connectivity index (χ0n) is 16.6. The smallest absolute Gasteiger partial charge is 0.133 e. The first kappa shape index (κ1) is 17.6. The van der Waals surface area contributed by atoms with Crippen LogP contribution in [0.1, 0.15) is 85.5 Å². The van der Waals surface area contributed by atoms with Crippen molar-refractivity contribution in [2.75, 3.05) is 0 Å². The fourth-order valence-corrected chi connectivity index (χ4v) is 7.48. The molecule has 0 heterocycles. The molecule has 2 nitrogen and oxygen atoms in total. The van der Waals surface area contributed by atoms with Crippen molar-refractivity contribution in [3.63, 3.8) is 0 Å². The zero-order valence-corrected chi connectivity index (χ0v) is 16.6. The van der Waals surface area contributed by atoms with Gasteiger partial charge in [-0.1, -0.05) is 13.8 Å². The average Bonchev–Trinajstić information content (AvgIpc) is 2.92. The molecule has 0 saturated heterocycles. The third-order valence-electron chi connectivity index (χ3n) is 9.13. The van der Waals surface area contributed by atoms with E-state index in [1.165, 1.54) is 38.5 Å². The third kappa shape index (κ3) is 2.61. The van der Waals surface area contributed by atoms with E-state index >= 15 is 0 Å². The minimum atomic E-state index is 0.360. The van der Waals surface area contributed by atoms with Crippen LogP contribution in [0.5, 0.6) is 0 Å². The Morgan fingerprint density at radius 2 is 1.80 bits per heavy atom. The number of carbonyl (C=O) groups excluding carboxylic acids is 1. The van der Waals surface area contributed by atoms with Gasteiger partial charge in [-0.2, -0.15) is 0 Å². The minimum Gasteiger partial charge on any atom is -0.495 e. The molecule has 4 rings (SSSR count). The van der Waals surface area contributed by atoms with Gasteiger partial charge in [0.05, 0.1) is 5.76 Å². The Balaban J connectivity index is 1.57. The molecule has 0 bridgehead atoms. The molecule has 4 aliphatic carbocycles. The summed E-state index contributed by atoms with van der Waals surface area (Å²) in [5.41, 5.74) is 0.787. The third-order valence-corrected chi connectivity index (χ3v) is 9.13. The summed E-state index contributed by atoms with van der Waals surface area (Å²) in [6, 6.07) is 0. The van der Waals surface area contributed by atoms with Crippen molar-refractivity contribution in [1.29, 1.82) is 0 Å². The molecule has 2 unspecified atom stereocenters. The standard InChI is InChI=1S/C23H36O2/c1-5-15(2)25-21-9-8-19-18-7-6-16-14-17(24)10-12-22(16,3)20(18)11-13-23(19,21)4/h5,16,18-21H,6-14H2,1-4H3/t16?,18-,19-,20+,21?,22-,23-/m0/s1. The number of ether oxygens (including phenoxy) is 1. The molecule has 4 aliphatic rings. The number of ketones is 1. The van der Waals surface area contributed by atoms with E-state index in [-0.39, 0.29) is 0 Å². The summed E-state index contributed by atoms with van der Waals surface area (Å²) in [6.07, 6.45) is 13.3. The molecular weight excluding hydrogens is 308 g/mol. The van der Waals surface area contributed by atoms with Gasteiger partial charge in [-0.25, -0.2) is 0 Å². The Bertz CT molecular complexity index is 579. The molecule has 4 fully saturated rings. The summed E-state index contributed by atoms with van der Waals surface area (Å²) in [5.74, 6) is 4.83. The summed E-state index contributed by atoms with van der Waals surface area (Å²) in [4.78, 5) is 12.0.